The molecular weight excluding hydrogens is 390 g/mol. The van der Waals surface area contributed by atoms with Crippen molar-refractivity contribution >= 4 is 16.9 Å². The van der Waals surface area contributed by atoms with Crippen LogP contribution in [0.15, 0.2) is 30.5 Å². The Hall–Kier alpha value is -2.64. The van der Waals surface area contributed by atoms with Crippen molar-refractivity contribution in [1.29, 1.82) is 0 Å². The van der Waals surface area contributed by atoms with E-state index in [-0.39, 0.29) is 0 Å². The molecule has 2 aliphatic rings. The van der Waals surface area contributed by atoms with Crippen LogP contribution in [0.1, 0.15) is 49.3 Å². The molecule has 0 radical (unpaired) electrons. The van der Waals surface area contributed by atoms with Crippen LogP contribution in [0.3, 0.4) is 0 Å². The molecule has 31 heavy (non-hydrogen) atoms. The van der Waals surface area contributed by atoms with E-state index in [0.29, 0.717) is 24.0 Å². The van der Waals surface area contributed by atoms with Crippen molar-refractivity contribution in [2.45, 2.75) is 51.1 Å². The third-order valence-corrected chi connectivity index (χ3v) is 6.51. The summed E-state index contributed by atoms with van der Waals surface area (Å²) in [6.07, 6.45) is 7.33. The van der Waals surface area contributed by atoms with Crippen LogP contribution in [-0.4, -0.2) is 51.8 Å². The lowest BCUT2D eigenvalue weighted by Crippen LogP contribution is -2.46. The summed E-state index contributed by atoms with van der Waals surface area (Å²) in [6, 6.07) is 9.29. The van der Waals surface area contributed by atoms with E-state index in [4.69, 9.17) is 15.2 Å². The van der Waals surface area contributed by atoms with Gasteiger partial charge in [-0.25, -0.2) is 0 Å². The maximum atomic E-state index is 6.13. The fraction of sp³-hybridized carbons (Fsp3) is 0.500. The summed E-state index contributed by atoms with van der Waals surface area (Å²) in [5.74, 6) is 0.428. The molecule has 1 aliphatic carbocycles. The lowest BCUT2D eigenvalue weighted by molar-refractivity contribution is -0.0244. The van der Waals surface area contributed by atoms with E-state index < -0.39 is 0 Å². The average molecular weight is 422 g/mol. The Kier molecular flexibility index (Phi) is 5.54. The van der Waals surface area contributed by atoms with Crippen molar-refractivity contribution in [2.75, 3.05) is 32.1 Å². The highest BCUT2D eigenvalue weighted by molar-refractivity contribution is 5.87. The van der Waals surface area contributed by atoms with E-state index in [0.717, 1.165) is 62.2 Å². The molecule has 0 unspecified atom stereocenters. The molecule has 7 nitrogen and oxygen atoms in total. The molecule has 0 atom stereocenters. The van der Waals surface area contributed by atoms with Crippen LogP contribution in [-0.2, 0) is 17.7 Å². The highest BCUT2D eigenvalue weighted by atomic mass is 16.5. The van der Waals surface area contributed by atoms with Gasteiger partial charge < -0.3 is 20.2 Å². The number of anilines is 1. The van der Waals surface area contributed by atoms with Crippen LogP contribution in [0.25, 0.3) is 11.0 Å². The standard InChI is InChI=1S/C24H31N5O2/c1-2-3-11-31-23-27-20-19(14-26-21(20)22(25)28-23)13-17-4-6-18(7-5-17)15-29-10-12-30-16-24(29)8-9-24/h4-7,14,26H,2-3,8-13,15-16H2,1H3,(H2,25,27,28). The van der Waals surface area contributed by atoms with Crippen molar-refractivity contribution < 1.29 is 9.47 Å². The Balaban J connectivity index is 1.29. The van der Waals surface area contributed by atoms with Gasteiger partial charge in [-0.15, -0.1) is 0 Å². The summed E-state index contributed by atoms with van der Waals surface area (Å²) >= 11 is 0. The molecule has 2 aromatic heterocycles. The summed E-state index contributed by atoms with van der Waals surface area (Å²) in [7, 11) is 0. The lowest BCUT2D eigenvalue weighted by atomic mass is 10.0. The molecule has 164 valence electrons. The molecule has 7 heteroatoms. The maximum Gasteiger partial charge on any atom is 0.319 e. The van der Waals surface area contributed by atoms with Crippen LogP contribution in [0, 0.1) is 0 Å². The second-order valence-electron chi connectivity index (χ2n) is 8.82. The highest BCUT2D eigenvalue weighted by Gasteiger charge is 2.49. The quantitative estimate of drug-likeness (QED) is 0.540. The Morgan fingerprint density at radius 1 is 1.19 bits per heavy atom. The zero-order chi connectivity index (χ0) is 21.3. The molecule has 3 heterocycles. The van der Waals surface area contributed by atoms with Crippen LogP contribution >= 0.6 is 0 Å². The first-order valence-electron chi connectivity index (χ1n) is 11.3. The molecular formula is C24H31N5O2. The number of nitrogens with one attached hydrogen (secondary N) is 1. The first-order chi connectivity index (χ1) is 15.2. The first kappa shape index (κ1) is 20.3. The number of unbranched alkanes of at least 4 members (excludes halogenated alkanes) is 1. The third-order valence-electron chi connectivity index (χ3n) is 6.51. The van der Waals surface area contributed by atoms with Crippen molar-refractivity contribution in [3.05, 3.63) is 47.2 Å². The van der Waals surface area contributed by atoms with Crippen LogP contribution in [0.2, 0.25) is 0 Å². The number of nitrogens with two attached hydrogens (primary N) is 1. The van der Waals surface area contributed by atoms with Crippen LogP contribution in [0.4, 0.5) is 5.82 Å². The fourth-order valence-electron chi connectivity index (χ4n) is 4.39. The normalized spacial score (nSPS) is 18.0. The number of nitrogen functional groups attached to an aromatic ring is 1. The number of aromatic nitrogens is 3. The first-order valence-corrected chi connectivity index (χ1v) is 11.3. The second kappa shape index (κ2) is 8.48. The van der Waals surface area contributed by atoms with Crippen molar-refractivity contribution in [3.63, 3.8) is 0 Å². The zero-order valence-corrected chi connectivity index (χ0v) is 18.2. The van der Waals surface area contributed by atoms with Gasteiger partial charge in [0.2, 0.25) is 0 Å². The van der Waals surface area contributed by atoms with E-state index in [1.54, 1.807) is 0 Å². The number of benzene rings is 1. The summed E-state index contributed by atoms with van der Waals surface area (Å²) in [5, 5.41) is 0. The average Bonchev–Trinajstić information content (AvgIpc) is 3.43. The number of morpholine rings is 1. The van der Waals surface area contributed by atoms with E-state index in [2.05, 4.69) is 51.0 Å². The molecule has 1 saturated carbocycles. The molecule has 1 spiro atoms. The predicted molar refractivity (Wildman–Crippen MR) is 121 cm³/mol. The Bertz CT molecular complexity index is 1040. The van der Waals surface area contributed by atoms with Crippen molar-refractivity contribution in [3.8, 4) is 6.01 Å². The number of hydrogen-bond donors (Lipinski definition) is 2. The van der Waals surface area contributed by atoms with E-state index in [1.165, 1.54) is 24.0 Å². The molecule has 3 N–H and O–H groups in total. The molecule has 2 fully saturated rings. The minimum atomic E-state index is 0.317. The van der Waals surface area contributed by atoms with Gasteiger partial charge >= 0.3 is 6.01 Å². The second-order valence-corrected chi connectivity index (χ2v) is 8.82. The topological polar surface area (TPSA) is 89.3 Å². The molecule has 0 bridgehead atoms. The fourth-order valence-corrected chi connectivity index (χ4v) is 4.39. The SMILES string of the molecule is CCCCOc1nc(N)c2[nH]cc(Cc3ccc(CN4CCOCC45CC5)cc3)c2n1. The molecule has 3 aromatic rings. The minimum absolute atomic E-state index is 0.317. The number of aromatic amines is 1. The smallest absolute Gasteiger partial charge is 0.319 e. The summed E-state index contributed by atoms with van der Waals surface area (Å²) in [5.41, 5.74) is 11.8. The van der Waals surface area contributed by atoms with Gasteiger partial charge in [0.05, 0.1) is 19.8 Å². The van der Waals surface area contributed by atoms with Gasteiger partial charge in [-0.1, -0.05) is 37.6 Å². The van der Waals surface area contributed by atoms with Gasteiger partial charge in [0.1, 0.15) is 11.0 Å². The number of ether oxygens (including phenoxy) is 2. The van der Waals surface area contributed by atoms with Crippen LogP contribution < -0.4 is 10.5 Å². The Morgan fingerprint density at radius 3 is 2.77 bits per heavy atom. The molecule has 1 saturated heterocycles. The minimum Gasteiger partial charge on any atom is -0.463 e. The molecule has 1 aliphatic heterocycles. The van der Waals surface area contributed by atoms with Gasteiger partial charge in [0.25, 0.3) is 0 Å². The number of rotatable bonds is 8. The number of H-pyrrole nitrogens is 1. The van der Waals surface area contributed by atoms with Crippen molar-refractivity contribution in [1.82, 2.24) is 19.9 Å². The monoisotopic (exact) mass is 421 g/mol. The van der Waals surface area contributed by atoms with Gasteiger partial charge in [-0.3, -0.25) is 4.90 Å². The largest absolute Gasteiger partial charge is 0.463 e. The van der Waals surface area contributed by atoms with Gasteiger partial charge in [0.15, 0.2) is 5.82 Å². The zero-order valence-electron chi connectivity index (χ0n) is 18.2. The molecule has 1 aromatic carbocycles. The number of nitrogens with zero attached hydrogens (tertiary/aromatic N) is 3. The summed E-state index contributed by atoms with van der Waals surface area (Å²) in [6.45, 7) is 6.49. The van der Waals surface area contributed by atoms with E-state index >= 15 is 0 Å². The van der Waals surface area contributed by atoms with Gasteiger partial charge in [-0.2, -0.15) is 9.97 Å². The molecule has 5 rings (SSSR count). The number of fused-ring (bicyclic) bond motifs is 1. The molecule has 0 amide bonds. The third kappa shape index (κ3) is 4.25. The van der Waals surface area contributed by atoms with Gasteiger partial charge in [0, 0.05) is 36.8 Å². The van der Waals surface area contributed by atoms with Crippen LogP contribution in [0.5, 0.6) is 6.01 Å². The Labute approximate surface area is 183 Å². The van der Waals surface area contributed by atoms with E-state index in [9.17, 15) is 0 Å². The maximum absolute atomic E-state index is 6.13. The highest BCUT2D eigenvalue weighted by Crippen LogP contribution is 2.44. The summed E-state index contributed by atoms with van der Waals surface area (Å²) < 4.78 is 11.4. The lowest BCUT2D eigenvalue weighted by Gasteiger charge is -2.36. The van der Waals surface area contributed by atoms with Crippen molar-refractivity contribution in [2.24, 2.45) is 0 Å². The Morgan fingerprint density at radius 2 is 2.00 bits per heavy atom. The summed E-state index contributed by atoms with van der Waals surface area (Å²) in [4.78, 5) is 14.7. The van der Waals surface area contributed by atoms with E-state index in [1.807, 2.05) is 6.20 Å². The number of hydrogen-bond acceptors (Lipinski definition) is 6. The van der Waals surface area contributed by atoms with Gasteiger partial charge in [-0.05, 0) is 30.4 Å². The predicted octanol–water partition coefficient (Wildman–Crippen LogP) is 3.67.